The van der Waals surface area contributed by atoms with Gasteiger partial charge in [-0.25, -0.2) is 0 Å². The first-order valence-corrected chi connectivity index (χ1v) is 4.77. The van der Waals surface area contributed by atoms with Gasteiger partial charge in [-0.1, -0.05) is 0 Å². The summed E-state index contributed by atoms with van der Waals surface area (Å²) in [7, 11) is 9.40. The van der Waals surface area contributed by atoms with E-state index in [4.69, 9.17) is 40.2 Å². The number of carboxylic acid groups (broad SMARTS) is 2. The van der Waals surface area contributed by atoms with E-state index in [1.54, 1.807) is 0 Å². The smallest absolute Gasteiger partial charge is 2.00 e. The Kier molecular flexibility index (Phi) is 43.0. The zero-order chi connectivity index (χ0) is 9.86. The van der Waals surface area contributed by atoms with E-state index in [0.717, 1.165) is 13.8 Å². The molecular formula is C4H6Cl2CuNiO4. The number of carbonyl (C=O) groups excluding carboxylic acids is 2. The number of aliphatic carboxylic acids is 2. The van der Waals surface area contributed by atoms with Gasteiger partial charge in [0.15, 0.2) is 0 Å². The molecule has 0 aromatic rings. The quantitative estimate of drug-likeness (QED) is 0.531. The second-order valence-corrected chi connectivity index (χ2v) is 2.66. The summed E-state index contributed by atoms with van der Waals surface area (Å²) >= 11 is 0.569. The van der Waals surface area contributed by atoms with Gasteiger partial charge in [-0.15, -0.1) is 0 Å². The normalized spacial score (nSPS) is 6.00. The van der Waals surface area contributed by atoms with Crippen LogP contribution in [0, 0.1) is 0 Å². The molecule has 0 fully saturated rings. The zero-order valence-corrected chi connectivity index (χ0v) is 9.45. The maximum absolute atomic E-state index is 8.89. The van der Waals surface area contributed by atoms with Crippen molar-refractivity contribution in [3.8, 4) is 0 Å². The molecule has 0 saturated heterocycles. The molecule has 0 N–H and O–H groups in total. The molecular weight excluding hydrogens is 305 g/mol. The van der Waals surface area contributed by atoms with Crippen LogP contribution in [0.15, 0.2) is 0 Å². The fourth-order valence-electron chi connectivity index (χ4n) is 0. The van der Waals surface area contributed by atoms with Gasteiger partial charge in [-0.2, -0.15) is 0 Å². The van der Waals surface area contributed by atoms with Crippen LogP contribution in [0.3, 0.4) is 0 Å². The molecule has 1 radical (unpaired) electrons. The van der Waals surface area contributed by atoms with Crippen LogP contribution in [0.2, 0.25) is 0 Å². The molecule has 0 aliphatic heterocycles. The SMILES string of the molecule is CC(=O)[O-].CC(=O)[O-].[Cl][Ni][Cl].[Cu+2]. The van der Waals surface area contributed by atoms with E-state index in [9.17, 15) is 0 Å². The first-order chi connectivity index (χ1) is 4.88. The summed E-state index contributed by atoms with van der Waals surface area (Å²) in [5.41, 5.74) is 0. The topological polar surface area (TPSA) is 80.3 Å². The van der Waals surface area contributed by atoms with Crippen LogP contribution in [0.5, 0.6) is 0 Å². The summed E-state index contributed by atoms with van der Waals surface area (Å²) in [6.45, 7) is 1.94. The molecule has 0 aromatic carbocycles. The minimum Gasteiger partial charge on any atom is 2.00 e. The van der Waals surface area contributed by atoms with Crippen molar-refractivity contribution < 1.29 is 49.5 Å². The molecule has 0 rings (SSSR count). The van der Waals surface area contributed by atoms with Gasteiger partial charge in [0.2, 0.25) is 0 Å². The van der Waals surface area contributed by atoms with Gasteiger partial charge < -0.3 is 19.8 Å². The Labute approximate surface area is 95.4 Å². The molecule has 0 spiro atoms. The fraction of sp³-hybridized carbons (Fsp3) is 0.500. The van der Waals surface area contributed by atoms with Gasteiger partial charge >= 0.3 is 50.1 Å². The van der Waals surface area contributed by atoms with Crippen LogP contribution in [-0.2, 0) is 39.3 Å². The number of hydrogen-bond acceptors (Lipinski definition) is 4. The Morgan fingerprint density at radius 1 is 1.08 bits per heavy atom. The zero-order valence-electron chi connectivity index (χ0n) is 6.01. The summed E-state index contributed by atoms with van der Waals surface area (Å²) in [6.07, 6.45) is 0. The Morgan fingerprint density at radius 2 is 1.08 bits per heavy atom. The van der Waals surface area contributed by atoms with E-state index in [-0.39, 0.29) is 17.1 Å². The van der Waals surface area contributed by atoms with Crippen molar-refractivity contribution in [2.24, 2.45) is 0 Å². The van der Waals surface area contributed by atoms with Gasteiger partial charge in [0.05, 0.1) is 0 Å². The van der Waals surface area contributed by atoms with E-state index in [1.165, 1.54) is 0 Å². The average molecular weight is 311 g/mol. The Hall–Kier alpha value is 0.533. The van der Waals surface area contributed by atoms with E-state index in [0.29, 0.717) is 12.7 Å². The standard InChI is InChI=1S/2C2H4O2.2ClH.Cu.Ni/c2*1-2(3)4;;;;/h2*1H3,(H,3,4);2*1H;;/q;;;;2*+2/p-4. The Bertz CT molecular complexity index is 93.2. The number of rotatable bonds is 0. The van der Waals surface area contributed by atoms with Crippen molar-refractivity contribution >= 4 is 32.3 Å². The number of carbonyl (C=O) groups is 2. The van der Waals surface area contributed by atoms with Crippen molar-refractivity contribution in [3.05, 3.63) is 0 Å². The van der Waals surface area contributed by atoms with Crippen molar-refractivity contribution in [2.45, 2.75) is 13.8 Å². The van der Waals surface area contributed by atoms with Gasteiger partial charge in [-0.05, 0) is 13.8 Å². The predicted octanol–water partition coefficient (Wildman–Crippen LogP) is -1.11. The summed E-state index contributed by atoms with van der Waals surface area (Å²) in [5, 5.41) is 17.8. The van der Waals surface area contributed by atoms with Crippen LogP contribution < -0.4 is 10.2 Å². The van der Waals surface area contributed by atoms with Crippen molar-refractivity contribution in [2.75, 3.05) is 0 Å². The van der Waals surface area contributed by atoms with Crippen LogP contribution in [0.1, 0.15) is 13.8 Å². The first-order valence-electron chi connectivity index (χ1n) is 2.06. The number of carboxylic acids is 2. The van der Waals surface area contributed by atoms with Gasteiger partial charge in [0.1, 0.15) is 0 Å². The first kappa shape index (κ1) is 22.9. The summed E-state index contributed by atoms with van der Waals surface area (Å²) in [6, 6.07) is 0. The largest absolute Gasteiger partial charge is 2.00 e. The van der Waals surface area contributed by atoms with E-state index >= 15 is 0 Å². The molecule has 0 bridgehead atoms. The molecule has 0 atom stereocenters. The van der Waals surface area contributed by atoms with Crippen molar-refractivity contribution in [1.29, 1.82) is 0 Å². The summed E-state index contributed by atoms with van der Waals surface area (Å²) < 4.78 is 0. The average Bonchev–Trinajstić information content (AvgIpc) is 1.60. The molecule has 12 heavy (non-hydrogen) atoms. The Balaban J connectivity index is -0.0000000389. The fourth-order valence-corrected chi connectivity index (χ4v) is 0. The van der Waals surface area contributed by atoms with Gasteiger partial charge in [0, 0.05) is 11.9 Å². The molecule has 8 heteroatoms. The van der Waals surface area contributed by atoms with Crippen LogP contribution in [0.25, 0.3) is 0 Å². The molecule has 81 valence electrons. The third-order valence-corrected chi connectivity index (χ3v) is 0. The molecule has 0 unspecified atom stereocenters. The third-order valence-electron chi connectivity index (χ3n) is 0. The van der Waals surface area contributed by atoms with Crippen molar-refractivity contribution in [3.63, 3.8) is 0 Å². The minimum absolute atomic E-state index is 0. The summed E-state index contributed by atoms with van der Waals surface area (Å²) in [5.74, 6) is -2.17. The third kappa shape index (κ3) is 3370. The predicted molar refractivity (Wildman–Crippen MR) is 33.1 cm³/mol. The maximum Gasteiger partial charge on any atom is 2.00 e. The van der Waals surface area contributed by atoms with Crippen LogP contribution in [-0.4, -0.2) is 11.9 Å². The van der Waals surface area contributed by atoms with E-state index < -0.39 is 11.9 Å². The summed E-state index contributed by atoms with van der Waals surface area (Å²) in [4.78, 5) is 17.8. The number of hydrogen-bond donors (Lipinski definition) is 0. The molecule has 0 aliphatic carbocycles. The van der Waals surface area contributed by atoms with E-state index in [2.05, 4.69) is 0 Å². The Morgan fingerprint density at radius 3 is 1.08 bits per heavy atom. The van der Waals surface area contributed by atoms with E-state index in [1.807, 2.05) is 0 Å². The van der Waals surface area contributed by atoms with Gasteiger partial charge in [0.25, 0.3) is 0 Å². The molecule has 0 aromatic heterocycles. The van der Waals surface area contributed by atoms with Gasteiger partial charge in [-0.3, -0.25) is 0 Å². The molecule has 0 amide bonds. The number of halogens is 2. The second kappa shape index (κ2) is 22.5. The monoisotopic (exact) mass is 309 g/mol. The second-order valence-electron chi connectivity index (χ2n) is 1.03. The minimum atomic E-state index is -1.08. The molecule has 4 nitrogen and oxygen atoms in total. The van der Waals surface area contributed by atoms with Crippen molar-refractivity contribution in [1.82, 2.24) is 0 Å². The van der Waals surface area contributed by atoms with Crippen LogP contribution in [0.4, 0.5) is 0 Å². The molecule has 0 saturated carbocycles. The molecule has 0 heterocycles. The maximum atomic E-state index is 8.89. The van der Waals surface area contributed by atoms with Crippen LogP contribution >= 0.6 is 20.4 Å². The molecule has 0 aliphatic rings.